The van der Waals surface area contributed by atoms with Gasteiger partial charge in [-0.15, -0.1) is 0 Å². The molecule has 19 heavy (non-hydrogen) atoms. The first kappa shape index (κ1) is 12.2. The minimum Gasteiger partial charge on any atom is -0.508 e. The van der Waals surface area contributed by atoms with Gasteiger partial charge in [-0.3, -0.25) is 0 Å². The van der Waals surface area contributed by atoms with Gasteiger partial charge in [0.05, 0.1) is 5.69 Å². The van der Waals surface area contributed by atoms with E-state index in [0.29, 0.717) is 11.8 Å². The minimum absolute atomic E-state index is 0.351. The lowest BCUT2D eigenvalue weighted by molar-refractivity contribution is 0.391. The van der Waals surface area contributed by atoms with Crippen molar-refractivity contribution in [2.75, 3.05) is 0 Å². The van der Waals surface area contributed by atoms with Crippen LogP contribution in [0, 0.1) is 13.8 Å². The number of hydrogen-bond acceptors (Lipinski definition) is 4. The molecule has 0 bridgehead atoms. The number of rotatable bonds is 3. The number of aromatic nitrogens is 1. The van der Waals surface area contributed by atoms with Gasteiger partial charge in [-0.2, -0.15) is 0 Å². The lowest BCUT2D eigenvalue weighted by Gasteiger charge is -2.14. The third-order valence-electron chi connectivity index (χ3n) is 3.91. The monoisotopic (exact) mass is 258 g/mol. The van der Waals surface area contributed by atoms with Crippen LogP contribution in [0.4, 0.5) is 0 Å². The van der Waals surface area contributed by atoms with Crippen molar-refractivity contribution >= 4 is 0 Å². The summed E-state index contributed by atoms with van der Waals surface area (Å²) in [7, 11) is 0. The lowest BCUT2D eigenvalue weighted by Crippen LogP contribution is -2.19. The van der Waals surface area contributed by atoms with Crippen LogP contribution >= 0.6 is 0 Å². The topological polar surface area (TPSA) is 58.3 Å². The van der Waals surface area contributed by atoms with E-state index in [4.69, 9.17) is 4.52 Å². The summed E-state index contributed by atoms with van der Waals surface area (Å²) in [6, 6.07) is 5.99. The molecule has 3 rings (SSSR count). The molecule has 1 atom stereocenters. The summed E-state index contributed by atoms with van der Waals surface area (Å²) in [6.07, 6.45) is 2.09. The second kappa shape index (κ2) is 4.70. The average molecular weight is 258 g/mol. The summed E-state index contributed by atoms with van der Waals surface area (Å²) >= 11 is 0. The molecule has 1 heterocycles. The van der Waals surface area contributed by atoms with Crippen molar-refractivity contribution in [1.29, 1.82) is 0 Å². The first-order chi connectivity index (χ1) is 9.15. The standard InChI is InChI=1S/C15H18N2O2/c1-9-14(10(2)19-17-9)8-16-15-6-3-11-7-12(18)4-5-13(11)15/h4-5,7,15-16,18H,3,6,8H2,1-2H3. The molecule has 2 aromatic rings. The fraction of sp³-hybridized carbons (Fsp3) is 0.400. The Balaban J connectivity index is 1.73. The van der Waals surface area contributed by atoms with Crippen LogP contribution in [-0.2, 0) is 13.0 Å². The number of benzene rings is 1. The Morgan fingerprint density at radius 2 is 2.26 bits per heavy atom. The third kappa shape index (κ3) is 2.24. The first-order valence-corrected chi connectivity index (χ1v) is 6.62. The Kier molecular flexibility index (Phi) is 3.03. The Hall–Kier alpha value is -1.81. The van der Waals surface area contributed by atoms with E-state index in [0.717, 1.165) is 36.4 Å². The molecule has 1 aromatic carbocycles. The Labute approximate surface area is 112 Å². The van der Waals surface area contributed by atoms with Gasteiger partial charge in [-0.25, -0.2) is 0 Å². The van der Waals surface area contributed by atoms with E-state index < -0.39 is 0 Å². The third-order valence-corrected chi connectivity index (χ3v) is 3.91. The van der Waals surface area contributed by atoms with Gasteiger partial charge in [0.15, 0.2) is 0 Å². The number of nitrogens with zero attached hydrogens (tertiary/aromatic N) is 1. The maximum absolute atomic E-state index is 9.49. The fourth-order valence-corrected chi connectivity index (χ4v) is 2.80. The first-order valence-electron chi connectivity index (χ1n) is 6.62. The molecule has 1 aliphatic rings. The molecule has 2 N–H and O–H groups in total. The summed E-state index contributed by atoms with van der Waals surface area (Å²) in [5.74, 6) is 1.24. The molecule has 1 aromatic heterocycles. The van der Waals surface area contributed by atoms with E-state index in [1.165, 1.54) is 11.1 Å². The quantitative estimate of drug-likeness (QED) is 0.888. The average Bonchev–Trinajstić information content (AvgIpc) is 2.92. The zero-order valence-electron chi connectivity index (χ0n) is 11.2. The zero-order chi connectivity index (χ0) is 13.4. The van der Waals surface area contributed by atoms with Crippen LogP contribution in [0.2, 0.25) is 0 Å². The van der Waals surface area contributed by atoms with Crippen LogP contribution in [0.15, 0.2) is 22.7 Å². The van der Waals surface area contributed by atoms with Crippen LogP contribution in [0.3, 0.4) is 0 Å². The summed E-state index contributed by atoms with van der Waals surface area (Å²) < 4.78 is 5.17. The number of aryl methyl sites for hydroxylation is 3. The number of fused-ring (bicyclic) bond motifs is 1. The molecule has 0 saturated carbocycles. The SMILES string of the molecule is Cc1noc(C)c1CNC1CCc2cc(O)ccc21. The van der Waals surface area contributed by atoms with Crippen LogP contribution in [-0.4, -0.2) is 10.3 Å². The molecule has 4 heteroatoms. The van der Waals surface area contributed by atoms with Crippen molar-refractivity contribution in [2.45, 2.75) is 39.3 Å². The molecule has 100 valence electrons. The largest absolute Gasteiger partial charge is 0.508 e. The molecule has 0 fully saturated rings. The predicted molar refractivity (Wildman–Crippen MR) is 72.0 cm³/mol. The van der Waals surface area contributed by atoms with Crippen LogP contribution in [0.25, 0.3) is 0 Å². The second-order valence-corrected chi connectivity index (χ2v) is 5.16. The van der Waals surface area contributed by atoms with Gasteiger partial charge in [0.1, 0.15) is 11.5 Å². The van der Waals surface area contributed by atoms with E-state index in [-0.39, 0.29) is 0 Å². The predicted octanol–water partition coefficient (Wildman–Crippen LogP) is 2.77. The maximum atomic E-state index is 9.49. The van der Waals surface area contributed by atoms with E-state index in [9.17, 15) is 5.11 Å². The summed E-state index contributed by atoms with van der Waals surface area (Å²) in [6.45, 7) is 4.68. The maximum Gasteiger partial charge on any atom is 0.138 e. The lowest BCUT2D eigenvalue weighted by atomic mass is 10.1. The summed E-state index contributed by atoms with van der Waals surface area (Å²) in [4.78, 5) is 0. The number of aromatic hydroxyl groups is 1. The molecule has 4 nitrogen and oxygen atoms in total. The van der Waals surface area contributed by atoms with E-state index >= 15 is 0 Å². The molecular weight excluding hydrogens is 240 g/mol. The van der Waals surface area contributed by atoms with E-state index in [1.54, 1.807) is 6.07 Å². The fourth-order valence-electron chi connectivity index (χ4n) is 2.80. The highest BCUT2D eigenvalue weighted by molar-refractivity contribution is 5.40. The van der Waals surface area contributed by atoms with Crippen LogP contribution in [0.5, 0.6) is 5.75 Å². The van der Waals surface area contributed by atoms with Gasteiger partial charge in [0.25, 0.3) is 0 Å². The number of nitrogens with one attached hydrogen (secondary N) is 1. The van der Waals surface area contributed by atoms with Gasteiger partial charge in [-0.1, -0.05) is 11.2 Å². The second-order valence-electron chi connectivity index (χ2n) is 5.16. The molecule has 0 saturated heterocycles. The van der Waals surface area contributed by atoms with Crippen LogP contribution < -0.4 is 5.32 Å². The van der Waals surface area contributed by atoms with Crippen molar-refractivity contribution in [2.24, 2.45) is 0 Å². The zero-order valence-corrected chi connectivity index (χ0v) is 11.2. The minimum atomic E-state index is 0.351. The number of phenols is 1. The molecule has 0 aliphatic heterocycles. The summed E-state index contributed by atoms with van der Waals surface area (Å²) in [5, 5.41) is 17.0. The normalized spacial score (nSPS) is 17.7. The number of phenolic OH excluding ortho intramolecular Hbond substituents is 1. The summed E-state index contributed by atoms with van der Waals surface area (Å²) in [5.41, 5.74) is 4.64. The van der Waals surface area contributed by atoms with Crippen molar-refractivity contribution in [3.63, 3.8) is 0 Å². The smallest absolute Gasteiger partial charge is 0.138 e. The van der Waals surface area contributed by atoms with Gasteiger partial charge in [0, 0.05) is 18.2 Å². The Morgan fingerprint density at radius 3 is 3.00 bits per heavy atom. The van der Waals surface area contributed by atoms with Gasteiger partial charge in [0.2, 0.25) is 0 Å². The highest BCUT2D eigenvalue weighted by atomic mass is 16.5. The van der Waals surface area contributed by atoms with Crippen molar-refractivity contribution in [3.8, 4) is 5.75 Å². The van der Waals surface area contributed by atoms with Crippen molar-refractivity contribution in [3.05, 3.63) is 46.3 Å². The molecule has 1 aliphatic carbocycles. The van der Waals surface area contributed by atoms with Crippen LogP contribution in [0.1, 0.15) is 40.6 Å². The number of hydrogen-bond donors (Lipinski definition) is 2. The molecule has 0 radical (unpaired) electrons. The van der Waals surface area contributed by atoms with Gasteiger partial charge in [-0.05, 0) is 49.9 Å². The Bertz CT molecular complexity index is 585. The molecule has 0 spiro atoms. The van der Waals surface area contributed by atoms with Gasteiger partial charge < -0.3 is 14.9 Å². The highest BCUT2D eigenvalue weighted by Crippen LogP contribution is 2.33. The van der Waals surface area contributed by atoms with E-state index in [1.807, 2.05) is 26.0 Å². The van der Waals surface area contributed by atoms with Crippen molar-refractivity contribution < 1.29 is 9.63 Å². The molecular formula is C15H18N2O2. The van der Waals surface area contributed by atoms with E-state index in [2.05, 4.69) is 10.5 Å². The molecule has 0 amide bonds. The highest BCUT2D eigenvalue weighted by Gasteiger charge is 2.22. The van der Waals surface area contributed by atoms with Crippen molar-refractivity contribution in [1.82, 2.24) is 10.5 Å². The molecule has 1 unspecified atom stereocenters. The Morgan fingerprint density at radius 1 is 1.42 bits per heavy atom. The van der Waals surface area contributed by atoms with Gasteiger partial charge >= 0.3 is 0 Å².